The van der Waals surface area contributed by atoms with Gasteiger partial charge in [-0.15, -0.1) is 0 Å². The molecule has 3 heterocycles. The fourth-order valence-corrected chi connectivity index (χ4v) is 5.59. The van der Waals surface area contributed by atoms with Crippen LogP contribution in [0.3, 0.4) is 0 Å². The van der Waals surface area contributed by atoms with Crippen LogP contribution in [0.15, 0.2) is 85.9 Å². The van der Waals surface area contributed by atoms with Crippen molar-refractivity contribution in [3.05, 3.63) is 125 Å². The van der Waals surface area contributed by atoms with Gasteiger partial charge in [0.15, 0.2) is 0 Å². The molecule has 1 saturated carbocycles. The molecular weight excluding hydrogens is 521 g/mol. The molecule has 0 atom stereocenters. The Balaban J connectivity index is 1.38. The summed E-state index contributed by atoms with van der Waals surface area (Å²) >= 11 is 0. The molecule has 1 aromatic carbocycles. The third kappa shape index (κ3) is 6.44. The number of aromatic amines is 2. The first-order valence-corrected chi connectivity index (χ1v) is 14.5. The van der Waals surface area contributed by atoms with Crippen molar-refractivity contribution in [3.63, 3.8) is 0 Å². The van der Waals surface area contributed by atoms with E-state index in [4.69, 9.17) is 0 Å². The molecule has 0 bridgehead atoms. The summed E-state index contributed by atoms with van der Waals surface area (Å²) in [5.41, 5.74) is 9.25. The molecule has 5 rings (SSSR count). The van der Waals surface area contributed by atoms with E-state index in [1.807, 2.05) is 49.7 Å². The van der Waals surface area contributed by atoms with Crippen LogP contribution in [-0.2, 0) is 0 Å². The van der Waals surface area contributed by atoms with Crippen LogP contribution in [0.2, 0.25) is 0 Å². The maximum Gasteiger partial charge on any atom is 0.123 e. The van der Waals surface area contributed by atoms with Crippen molar-refractivity contribution in [1.82, 2.24) is 20.2 Å². The van der Waals surface area contributed by atoms with Crippen LogP contribution in [0.25, 0.3) is 35.2 Å². The van der Waals surface area contributed by atoms with Crippen LogP contribution in [-0.4, -0.2) is 20.2 Å². The number of pyridine rings is 1. The molecule has 3 N–H and O–H groups in total. The lowest BCUT2D eigenvalue weighted by molar-refractivity contribution is 0.405. The average Bonchev–Trinajstić information content (AvgIpc) is 3.56. The number of nitrogens with zero attached hydrogens (tertiary/aromatic N) is 2. The molecule has 5 nitrogen and oxygen atoms in total. The number of allylic oxidation sites excluding steroid dienone is 5. The zero-order valence-electron chi connectivity index (χ0n) is 24.4. The van der Waals surface area contributed by atoms with Crippen molar-refractivity contribution < 1.29 is 4.39 Å². The van der Waals surface area contributed by atoms with Gasteiger partial charge in [-0.3, -0.25) is 10.1 Å². The highest BCUT2D eigenvalue weighted by Crippen LogP contribution is 2.31. The SMILES string of the molecule is C=C/C=C(/c1cccc(F)c1)c1cc(-c2n[nH]/c(=C/C=C(\C)c3cncc(NC(=C)C4CCCCC4)c3)c2=C)[nH]c1C. The Bertz CT molecular complexity index is 1780. The third-order valence-corrected chi connectivity index (χ3v) is 7.98. The molecule has 4 aromatic rings. The summed E-state index contributed by atoms with van der Waals surface area (Å²) in [7, 11) is 0. The predicted octanol–water partition coefficient (Wildman–Crippen LogP) is 7.67. The van der Waals surface area contributed by atoms with Crippen LogP contribution in [0, 0.1) is 18.7 Å². The Morgan fingerprint density at radius 1 is 1.07 bits per heavy atom. The van der Waals surface area contributed by atoms with Crippen molar-refractivity contribution in [2.24, 2.45) is 5.92 Å². The van der Waals surface area contributed by atoms with E-state index >= 15 is 0 Å². The highest BCUT2D eigenvalue weighted by molar-refractivity contribution is 5.84. The molecule has 214 valence electrons. The number of aryl methyl sites for hydroxylation is 1. The molecule has 0 amide bonds. The monoisotopic (exact) mass is 559 g/mol. The van der Waals surface area contributed by atoms with E-state index in [1.165, 1.54) is 44.2 Å². The normalized spacial score (nSPS) is 15.2. The van der Waals surface area contributed by atoms with Gasteiger partial charge in [0.2, 0.25) is 0 Å². The first kappa shape index (κ1) is 28.8. The molecule has 0 saturated heterocycles. The molecule has 1 aliphatic carbocycles. The van der Waals surface area contributed by atoms with Crippen molar-refractivity contribution >= 4 is 29.5 Å². The number of halogens is 1. The van der Waals surface area contributed by atoms with E-state index in [9.17, 15) is 4.39 Å². The standard InChI is InChI=1S/C36H38FN5/c1-6-11-32(28-14-10-15-30(37)18-28)33-20-35(40-26(33)5)36-24(3)34(41-42-36)17-16-23(2)29-19-31(22-38-21-29)39-25(4)27-12-8-7-9-13-27/h6,10-11,14-22,27,39-41H,1,3-4,7-9,12-13H2,2,5H3/b23-16+,32-11-,34-17+. The number of benzene rings is 1. The van der Waals surface area contributed by atoms with Gasteiger partial charge in [-0.1, -0.05) is 69.4 Å². The summed E-state index contributed by atoms with van der Waals surface area (Å²) in [6.45, 7) is 16.5. The van der Waals surface area contributed by atoms with Gasteiger partial charge >= 0.3 is 0 Å². The highest BCUT2D eigenvalue weighted by Gasteiger charge is 2.17. The van der Waals surface area contributed by atoms with Gasteiger partial charge in [-0.25, -0.2) is 4.39 Å². The van der Waals surface area contributed by atoms with Crippen molar-refractivity contribution in [1.29, 1.82) is 0 Å². The highest BCUT2D eigenvalue weighted by atomic mass is 19.1. The lowest BCUT2D eigenvalue weighted by atomic mass is 9.87. The summed E-state index contributed by atoms with van der Waals surface area (Å²) in [6, 6.07) is 10.7. The van der Waals surface area contributed by atoms with E-state index in [0.29, 0.717) is 5.92 Å². The summed E-state index contributed by atoms with van der Waals surface area (Å²) in [4.78, 5) is 7.89. The molecule has 0 spiro atoms. The Hall–Kier alpha value is -4.71. The van der Waals surface area contributed by atoms with Crippen LogP contribution < -0.4 is 15.9 Å². The van der Waals surface area contributed by atoms with Gasteiger partial charge in [0.05, 0.1) is 22.9 Å². The number of hydrogen-bond acceptors (Lipinski definition) is 3. The molecule has 0 unspecified atom stereocenters. The van der Waals surface area contributed by atoms with Gasteiger partial charge in [0.1, 0.15) is 11.5 Å². The lowest BCUT2D eigenvalue weighted by Crippen LogP contribution is -2.21. The van der Waals surface area contributed by atoms with Crippen molar-refractivity contribution in [2.45, 2.75) is 46.0 Å². The quantitative estimate of drug-likeness (QED) is 0.184. The van der Waals surface area contributed by atoms with Crippen molar-refractivity contribution in [2.75, 3.05) is 5.32 Å². The molecule has 6 heteroatoms. The molecular formula is C36H38FN5. The van der Waals surface area contributed by atoms with Crippen molar-refractivity contribution in [3.8, 4) is 11.4 Å². The maximum absolute atomic E-state index is 14.0. The largest absolute Gasteiger partial charge is 0.358 e. The molecule has 1 fully saturated rings. The Kier molecular flexibility index (Phi) is 8.82. The minimum atomic E-state index is -0.282. The Morgan fingerprint density at radius 2 is 1.88 bits per heavy atom. The Labute approximate surface area is 247 Å². The Morgan fingerprint density at radius 3 is 2.64 bits per heavy atom. The van der Waals surface area contributed by atoms with Gasteiger partial charge in [0.25, 0.3) is 0 Å². The molecule has 0 radical (unpaired) electrons. The van der Waals surface area contributed by atoms with Gasteiger partial charge in [-0.2, -0.15) is 5.10 Å². The van der Waals surface area contributed by atoms with E-state index in [1.54, 1.807) is 12.1 Å². The number of aromatic nitrogens is 4. The smallest absolute Gasteiger partial charge is 0.123 e. The fourth-order valence-electron chi connectivity index (χ4n) is 5.59. The second-order valence-electron chi connectivity index (χ2n) is 11.0. The third-order valence-electron chi connectivity index (χ3n) is 7.98. The van der Waals surface area contributed by atoms with E-state index in [2.05, 4.69) is 58.2 Å². The number of anilines is 1. The number of H-pyrrole nitrogens is 2. The van der Waals surface area contributed by atoms with E-state index in [-0.39, 0.29) is 5.82 Å². The van der Waals surface area contributed by atoms with Crippen LogP contribution in [0.5, 0.6) is 0 Å². The number of hydrogen-bond donors (Lipinski definition) is 3. The van der Waals surface area contributed by atoms with Gasteiger partial charge < -0.3 is 10.3 Å². The first-order chi connectivity index (χ1) is 20.3. The van der Waals surface area contributed by atoms with E-state index in [0.717, 1.165) is 66.9 Å². The van der Waals surface area contributed by atoms with E-state index < -0.39 is 0 Å². The van der Waals surface area contributed by atoms with Crippen LogP contribution in [0.1, 0.15) is 61.4 Å². The maximum atomic E-state index is 14.0. The van der Waals surface area contributed by atoms with Crippen LogP contribution >= 0.6 is 0 Å². The zero-order chi connectivity index (χ0) is 29.6. The number of rotatable bonds is 9. The predicted molar refractivity (Wildman–Crippen MR) is 173 cm³/mol. The number of nitrogens with one attached hydrogen (secondary N) is 3. The first-order valence-electron chi connectivity index (χ1n) is 14.5. The zero-order valence-corrected chi connectivity index (χ0v) is 24.4. The van der Waals surface area contributed by atoms with Gasteiger partial charge in [-0.05, 0) is 85.2 Å². The molecule has 1 aliphatic rings. The lowest BCUT2D eigenvalue weighted by Gasteiger charge is -2.24. The molecule has 0 aliphatic heterocycles. The summed E-state index contributed by atoms with van der Waals surface area (Å²) in [6.07, 6.45) is 17.6. The molecule has 42 heavy (non-hydrogen) atoms. The summed E-state index contributed by atoms with van der Waals surface area (Å²) in [5.74, 6) is 0.248. The minimum Gasteiger partial charge on any atom is -0.358 e. The molecule has 3 aromatic heterocycles. The van der Waals surface area contributed by atoms with Gasteiger partial charge in [0, 0.05) is 28.4 Å². The summed E-state index contributed by atoms with van der Waals surface area (Å²) in [5, 5.41) is 12.8. The average molecular weight is 560 g/mol. The second kappa shape index (κ2) is 12.9. The summed E-state index contributed by atoms with van der Waals surface area (Å²) < 4.78 is 14.0. The fraction of sp³-hybridized carbons (Fsp3) is 0.222. The minimum absolute atomic E-state index is 0.282. The topological polar surface area (TPSA) is 69.4 Å². The van der Waals surface area contributed by atoms with Crippen LogP contribution in [0.4, 0.5) is 10.1 Å². The second-order valence-corrected chi connectivity index (χ2v) is 11.0.